The predicted molar refractivity (Wildman–Crippen MR) is 59.8 cm³/mol. The van der Waals surface area contributed by atoms with E-state index in [1.165, 1.54) is 25.6 Å². The third-order valence-electron chi connectivity index (χ3n) is 3.13. The van der Waals surface area contributed by atoms with Gasteiger partial charge >= 0.3 is 5.97 Å². The van der Waals surface area contributed by atoms with Crippen LogP contribution in [-0.4, -0.2) is 33.5 Å². The number of nitrogens with zero attached hydrogens (tertiary/aromatic N) is 1. The van der Waals surface area contributed by atoms with E-state index in [1.807, 2.05) is 0 Å². The number of carbonyl (C=O) groups is 2. The van der Waals surface area contributed by atoms with Gasteiger partial charge in [0.15, 0.2) is 11.4 Å². The minimum absolute atomic E-state index is 0.0499. The molecule has 2 rings (SSSR count). The number of aromatic carboxylic acids is 1. The quantitative estimate of drug-likeness (QED) is 0.712. The molecule has 0 unspecified atom stereocenters. The molecule has 0 aromatic carbocycles. The van der Waals surface area contributed by atoms with E-state index in [0.717, 1.165) is 6.42 Å². The fraction of sp³-hybridized carbons (Fsp3) is 0.545. The second-order valence-corrected chi connectivity index (χ2v) is 4.27. The van der Waals surface area contributed by atoms with Gasteiger partial charge in [-0.25, -0.2) is 9.78 Å². The average molecular weight is 237 g/mol. The van der Waals surface area contributed by atoms with Crippen LogP contribution in [0.25, 0.3) is 0 Å². The van der Waals surface area contributed by atoms with Gasteiger partial charge in [-0.2, -0.15) is 0 Å². The smallest absolute Gasteiger partial charge is 0.354 e. The maximum Gasteiger partial charge on any atom is 0.354 e. The van der Waals surface area contributed by atoms with E-state index in [0.29, 0.717) is 12.5 Å². The first-order valence-corrected chi connectivity index (χ1v) is 5.73. The van der Waals surface area contributed by atoms with Crippen LogP contribution in [0.4, 0.5) is 0 Å². The Kier molecular flexibility index (Phi) is 3.41. The Morgan fingerprint density at radius 1 is 1.53 bits per heavy atom. The van der Waals surface area contributed by atoms with Crippen molar-refractivity contribution in [2.75, 3.05) is 6.54 Å². The number of hydrogen-bond donors (Lipinski definition) is 3. The van der Waals surface area contributed by atoms with Crippen molar-refractivity contribution in [2.45, 2.75) is 25.7 Å². The van der Waals surface area contributed by atoms with Crippen LogP contribution in [0.1, 0.15) is 46.7 Å². The molecule has 1 aromatic heterocycles. The van der Waals surface area contributed by atoms with Crippen molar-refractivity contribution in [3.8, 4) is 0 Å². The topological polar surface area (TPSA) is 95.1 Å². The second-order valence-electron chi connectivity index (χ2n) is 4.27. The first kappa shape index (κ1) is 11.6. The molecule has 3 N–H and O–H groups in total. The Bertz CT molecular complexity index is 423. The molecule has 1 fully saturated rings. The monoisotopic (exact) mass is 237 g/mol. The van der Waals surface area contributed by atoms with Gasteiger partial charge in [0.25, 0.3) is 5.91 Å². The molecule has 6 heteroatoms. The highest BCUT2D eigenvalue weighted by atomic mass is 16.4. The van der Waals surface area contributed by atoms with E-state index >= 15 is 0 Å². The summed E-state index contributed by atoms with van der Waals surface area (Å²) in [6, 6.07) is 0. The molecule has 0 bridgehead atoms. The Hall–Kier alpha value is -1.85. The fourth-order valence-corrected chi connectivity index (χ4v) is 1.88. The van der Waals surface area contributed by atoms with Crippen molar-refractivity contribution in [1.82, 2.24) is 15.3 Å². The van der Waals surface area contributed by atoms with Gasteiger partial charge in [-0.15, -0.1) is 0 Å². The van der Waals surface area contributed by atoms with Crippen LogP contribution in [0.15, 0.2) is 6.33 Å². The molecule has 1 aromatic rings. The third-order valence-corrected chi connectivity index (χ3v) is 3.13. The number of amides is 1. The van der Waals surface area contributed by atoms with Crippen molar-refractivity contribution in [3.63, 3.8) is 0 Å². The lowest BCUT2D eigenvalue weighted by molar-refractivity contribution is 0.0685. The molecule has 0 radical (unpaired) electrons. The molecular weight excluding hydrogens is 222 g/mol. The maximum absolute atomic E-state index is 11.7. The van der Waals surface area contributed by atoms with Gasteiger partial charge in [0.1, 0.15) is 0 Å². The van der Waals surface area contributed by atoms with Gasteiger partial charge in [0, 0.05) is 6.54 Å². The zero-order chi connectivity index (χ0) is 12.3. The van der Waals surface area contributed by atoms with Gasteiger partial charge in [-0.05, 0) is 12.3 Å². The van der Waals surface area contributed by atoms with Crippen LogP contribution >= 0.6 is 0 Å². The molecule has 6 nitrogen and oxygen atoms in total. The zero-order valence-electron chi connectivity index (χ0n) is 9.40. The number of aromatic amines is 1. The molecule has 0 aliphatic heterocycles. The van der Waals surface area contributed by atoms with Gasteiger partial charge in [-0.1, -0.05) is 19.3 Å². The summed E-state index contributed by atoms with van der Waals surface area (Å²) in [6.45, 7) is 0.579. The van der Waals surface area contributed by atoms with Crippen LogP contribution in [0, 0.1) is 5.92 Å². The minimum Gasteiger partial charge on any atom is -0.477 e. The summed E-state index contributed by atoms with van der Waals surface area (Å²) in [6.07, 6.45) is 5.92. The highest BCUT2D eigenvalue weighted by molar-refractivity contribution is 6.02. The van der Waals surface area contributed by atoms with E-state index < -0.39 is 11.9 Å². The minimum atomic E-state index is -1.17. The molecule has 17 heavy (non-hydrogen) atoms. The molecular formula is C11H15N3O3. The number of aromatic nitrogens is 2. The van der Waals surface area contributed by atoms with Crippen molar-refractivity contribution >= 4 is 11.9 Å². The lowest BCUT2D eigenvalue weighted by atomic mass is 9.83. The van der Waals surface area contributed by atoms with Crippen molar-refractivity contribution in [2.24, 2.45) is 5.92 Å². The molecule has 1 aliphatic rings. The lowest BCUT2D eigenvalue weighted by Gasteiger charge is -2.24. The molecule has 0 spiro atoms. The van der Waals surface area contributed by atoms with Gasteiger partial charge < -0.3 is 15.4 Å². The van der Waals surface area contributed by atoms with Crippen LogP contribution in [0.2, 0.25) is 0 Å². The summed E-state index contributed by atoms with van der Waals surface area (Å²) in [4.78, 5) is 28.6. The van der Waals surface area contributed by atoms with E-state index in [2.05, 4.69) is 15.3 Å². The molecule has 1 amide bonds. The van der Waals surface area contributed by atoms with Crippen LogP contribution in [0.3, 0.4) is 0 Å². The first-order valence-electron chi connectivity index (χ1n) is 5.73. The van der Waals surface area contributed by atoms with E-state index in [1.54, 1.807) is 0 Å². The summed E-state index contributed by atoms with van der Waals surface area (Å²) >= 11 is 0. The summed E-state index contributed by atoms with van der Waals surface area (Å²) in [7, 11) is 0. The normalized spacial score (nSPS) is 15.3. The Labute approximate surface area is 98.4 Å². The highest BCUT2D eigenvalue weighted by Crippen LogP contribution is 2.28. The van der Waals surface area contributed by atoms with E-state index in [-0.39, 0.29) is 11.4 Å². The summed E-state index contributed by atoms with van der Waals surface area (Å²) in [5.41, 5.74) is -0.211. The number of carbonyl (C=O) groups excluding carboxylic acids is 1. The Morgan fingerprint density at radius 3 is 2.88 bits per heavy atom. The highest BCUT2D eigenvalue weighted by Gasteiger charge is 2.20. The van der Waals surface area contributed by atoms with Crippen molar-refractivity contribution < 1.29 is 14.7 Å². The fourth-order valence-electron chi connectivity index (χ4n) is 1.88. The third kappa shape index (κ3) is 2.64. The standard InChI is InChI=1S/C11H15N3O3/c15-10(12-5-4-7-2-1-3-7)8-9(11(16)17)14-6-13-8/h6-7H,1-5H2,(H,12,15)(H,13,14)(H,16,17). The Balaban J connectivity index is 1.85. The SMILES string of the molecule is O=C(NCCC1CCC1)c1nc[nH]c1C(=O)O. The number of H-pyrrole nitrogens is 1. The first-order chi connectivity index (χ1) is 8.18. The van der Waals surface area contributed by atoms with Crippen LogP contribution in [0.5, 0.6) is 0 Å². The number of carboxylic acids is 1. The zero-order valence-corrected chi connectivity index (χ0v) is 9.40. The lowest BCUT2D eigenvalue weighted by Crippen LogP contribution is -2.28. The molecule has 1 aliphatic carbocycles. The van der Waals surface area contributed by atoms with Gasteiger partial charge in [-0.3, -0.25) is 4.79 Å². The van der Waals surface area contributed by atoms with Gasteiger partial charge in [0.05, 0.1) is 6.33 Å². The predicted octanol–water partition coefficient (Wildman–Crippen LogP) is 1.03. The summed E-state index contributed by atoms with van der Waals surface area (Å²) < 4.78 is 0. The summed E-state index contributed by atoms with van der Waals surface area (Å²) in [5, 5.41) is 11.5. The average Bonchev–Trinajstić information content (AvgIpc) is 2.70. The number of rotatable bonds is 5. The number of hydrogen-bond acceptors (Lipinski definition) is 3. The van der Waals surface area contributed by atoms with E-state index in [4.69, 9.17) is 5.11 Å². The van der Waals surface area contributed by atoms with Gasteiger partial charge in [0.2, 0.25) is 0 Å². The van der Waals surface area contributed by atoms with Crippen LogP contribution in [-0.2, 0) is 0 Å². The van der Waals surface area contributed by atoms with Crippen molar-refractivity contribution in [1.29, 1.82) is 0 Å². The molecule has 1 saturated carbocycles. The van der Waals surface area contributed by atoms with E-state index in [9.17, 15) is 9.59 Å². The number of nitrogens with one attached hydrogen (secondary N) is 2. The molecule has 0 saturated heterocycles. The largest absolute Gasteiger partial charge is 0.477 e. The Morgan fingerprint density at radius 2 is 2.29 bits per heavy atom. The summed E-state index contributed by atoms with van der Waals surface area (Å²) in [5.74, 6) is -0.886. The molecule has 92 valence electrons. The number of imidazole rings is 1. The van der Waals surface area contributed by atoms with Crippen LogP contribution < -0.4 is 5.32 Å². The second kappa shape index (κ2) is 4.99. The molecule has 1 heterocycles. The maximum atomic E-state index is 11.7. The van der Waals surface area contributed by atoms with Crippen molar-refractivity contribution in [3.05, 3.63) is 17.7 Å². The molecule has 0 atom stereocenters. The number of carboxylic acid groups (broad SMARTS) is 1.